The number of ether oxygens (including phenoxy) is 1. The molecule has 0 amide bonds. The van der Waals surface area contributed by atoms with Crippen LogP contribution in [0, 0.1) is 0 Å². The molecule has 1 aromatic heterocycles. The predicted octanol–water partition coefficient (Wildman–Crippen LogP) is 3.60. The minimum atomic E-state index is -3.72. The number of hydrogen-bond donors (Lipinski definition) is 0. The maximum atomic E-state index is 13.0. The average molecular weight is 445 g/mol. The SMILES string of the molecule is CCCCCN(Cc1nc(C(=O)OC)co1)S(=O)(=O)c1ccc(Br)cc1. The molecule has 0 atom stereocenters. The first kappa shape index (κ1) is 20.6. The van der Waals surface area contributed by atoms with E-state index in [0.717, 1.165) is 30.0 Å². The highest BCUT2D eigenvalue weighted by Gasteiger charge is 2.26. The molecule has 0 N–H and O–H groups in total. The Kier molecular flexibility index (Phi) is 7.36. The molecule has 142 valence electrons. The average Bonchev–Trinajstić information content (AvgIpc) is 3.09. The molecule has 1 heterocycles. The highest BCUT2D eigenvalue weighted by molar-refractivity contribution is 9.10. The Bertz CT molecular complexity index is 833. The Balaban J connectivity index is 2.26. The van der Waals surface area contributed by atoms with Crippen molar-refractivity contribution >= 4 is 31.9 Å². The van der Waals surface area contributed by atoms with Crippen molar-refractivity contribution in [2.75, 3.05) is 13.7 Å². The van der Waals surface area contributed by atoms with Crippen LogP contribution in [-0.2, 0) is 21.3 Å². The number of carbonyl (C=O) groups is 1. The van der Waals surface area contributed by atoms with E-state index < -0.39 is 16.0 Å². The van der Waals surface area contributed by atoms with Crippen LogP contribution < -0.4 is 0 Å². The summed E-state index contributed by atoms with van der Waals surface area (Å²) >= 11 is 3.30. The molecule has 2 rings (SSSR count). The highest BCUT2D eigenvalue weighted by atomic mass is 79.9. The molecular formula is C17H21BrN2O5S. The molecule has 0 spiro atoms. The molecule has 2 aromatic rings. The molecule has 0 unspecified atom stereocenters. The second-order valence-electron chi connectivity index (χ2n) is 5.62. The van der Waals surface area contributed by atoms with E-state index >= 15 is 0 Å². The smallest absolute Gasteiger partial charge is 0.360 e. The van der Waals surface area contributed by atoms with Crippen LogP contribution in [0.1, 0.15) is 42.6 Å². The van der Waals surface area contributed by atoms with E-state index in [4.69, 9.17) is 4.42 Å². The topological polar surface area (TPSA) is 89.7 Å². The number of nitrogens with zero attached hydrogens (tertiary/aromatic N) is 2. The van der Waals surface area contributed by atoms with Crippen LogP contribution in [0.15, 0.2) is 44.3 Å². The van der Waals surface area contributed by atoms with Gasteiger partial charge in [0.1, 0.15) is 6.26 Å². The monoisotopic (exact) mass is 444 g/mol. The number of rotatable bonds is 9. The minimum absolute atomic E-state index is 0.0112. The Morgan fingerprint density at radius 3 is 2.58 bits per heavy atom. The molecule has 0 aliphatic heterocycles. The molecule has 0 fully saturated rings. The zero-order valence-corrected chi connectivity index (χ0v) is 17.0. The summed E-state index contributed by atoms with van der Waals surface area (Å²) in [7, 11) is -2.47. The van der Waals surface area contributed by atoms with Crippen LogP contribution in [0.3, 0.4) is 0 Å². The van der Waals surface area contributed by atoms with Crippen LogP contribution in [0.4, 0.5) is 0 Å². The van der Waals surface area contributed by atoms with E-state index in [1.165, 1.54) is 11.4 Å². The van der Waals surface area contributed by atoms with Gasteiger partial charge in [-0.1, -0.05) is 35.7 Å². The highest BCUT2D eigenvalue weighted by Crippen LogP contribution is 2.21. The van der Waals surface area contributed by atoms with Gasteiger partial charge in [-0.2, -0.15) is 4.31 Å². The number of oxazole rings is 1. The number of halogens is 1. The van der Waals surface area contributed by atoms with Gasteiger partial charge in [0.25, 0.3) is 0 Å². The van der Waals surface area contributed by atoms with E-state index in [2.05, 4.69) is 25.7 Å². The molecule has 0 radical (unpaired) electrons. The third-order valence-electron chi connectivity index (χ3n) is 3.72. The molecule has 26 heavy (non-hydrogen) atoms. The normalized spacial score (nSPS) is 11.7. The van der Waals surface area contributed by atoms with Gasteiger partial charge in [0.2, 0.25) is 15.9 Å². The molecule has 9 heteroatoms. The molecule has 1 aromatic carbocycles. The molecule has 0 bridgehead atoms. The lowest BCUT2D eigenvalue weighted by Crippen LogP contribution is -2.31. The van der Waals surface area contributed by atoms with Gasteiger partial charge in [0.05, 0.1) is 18.6 Å². The standard InChI is InChI=1S/C17H21BrN2O5S/c1-3-4-5-10-20(11-16-19-15(12-25-16)17(21)24-2)26(22,23)14-8-6-13(18)7-9-14/h6-9,12H,3-5,10-11H2,1-2H3. The minimum Gasteiger partial charge on any atom is -0.464 e. The van der Waals surface area contributed by atoms with Crippen molar-refractivity contribution in [1.29, 1.82) is 0 Å². The summed E-state index contributed by atoms with van der Waals surface area (Å²) in [5, 5.41) is 0. The fourth-order valence-corrected chi connectivity index (χ4v) is 4.00. The second kappa shape index (κ2) is 9.29. The van der Waals surface area contributed by atoms with Crippen molar-refractivity contribution in [2.24, 2.45) is 0 Å². The predicted molar refractivity (Wildman–Crippen MR) is 99.1 cm³/mol. The fourth-order valence-electron chi connectivity index (χ4n) is 2.31. The third kappa shape index (κ3) is 5.15. The van der Waals surface area contributed by atoms with Gasteiger partial charge in [-0.25, -0.2) is 18.2 Å². The van der Waals surface area contributed by atoms with Gasteiger partial charge < -0.3 is 9.15 Å². The van der Waals surface area contributed by atoms with E-state index in [1.54, 1.807) is 24.3 Å². The van der Waals surface area contributed by atoms with Crippen LogP contribution in [0.2, 0.25) is 0 Å². The Morgan fingerprint density at radius 1 is 1.27 bits per heavy atom. The number of sulfonamides is 1. The second-order valence-corrected chi connectivity index (χ2v) is 8.47. The van der Waals surface area contributed by atoms with E-state index in [0.29, 0.717) is 6.54 Å². The molecule has 0 aliphatic rings. The lowest BCUT2D eigenvalue weighted by atomic mass is 10.2. The van der Waals surface area contributed by atoms with Crippen molar-refractivity contribution in [3.63, 3.8) is 0 Å². The number of esters is 1. The van der Waals surface area contributed by atoms with E-state index in [1.807, 2.05) is 6.92 Å². The largest absolute Gasteiger partial charge is 0.464 e. The lowest BCUT2D eigenvalue weighted by Gasteiger charge is -2.20. The molecule has 0 aliphatic carbocycles. The number of methoxy groups -OCH3 is 1. The maximum Gasteiger partial charge on any atom is 0.360 e. The van der Waals surface area contributed by atoms with Gasteiger partial charge in [-0.15, -0.1) is 0 Å². The van der Waals surface area contributed by atoms with Crippen molar-refractivity contribution in [3.8, 4) is 0 Å². The number of hydrogen-bond acceptors (Lipinski definition) is 6. The van der Waals surface area contributed by atoms with Crippen LogP contribution in [0.25, 0.3) is 0 Å². The van der Waals surface area contributed by atoms with E-state index in [9.17, 15) is 13.2 Å². The summed E-state index contributed by atoms with van der Waals surface area (Å²) in [4.78, 5) is 15.7. The lowest BCUT2D eigenvalue weighted by molar-refractivity contribution is 0.0594. The summed E-state index contributed by atoms with van der Waals surface area (Å²) in [6.45, 7) is 2.32. The Labute approximate surface area is 161 Å². The van der Waals surface area contributed by atoms with Crippen molar-refractivity contribution < 1.29 is 22.4 Å². The first-order valence-electron chi connectivity index (χ1n) is 8.17. The zero-order valence-electron chi connectivity index (χ0n) is 14.6. The molecule has 7 nitrogen and oxygen atoms in total. The first-order chi connectivity index (χ1) is 12.4. The maximum absolute atomic E-state index is 13.0. The number of unbranched alkanes of at least 4 members (excludes halogenated alkanes) is 2. The summed E-state index contributed by atoms with van der Waals surface area (Å²) in [5.41, 5.74) is 0.0112. The fraction of sp³-hybridized carbons (Fsp3) is 0.412. The van der Waals surface area contributed by atoms with Gasteiger partial charge in [0.15, 0.2) is 5.69 Å². The number of carbonyl (C=O) groups excluding carboxylic acids is 1. The summed E-state index contributed by atoms with van der Waals surface area (Å²) in [6.07, 6.45) is 3.76. The van der Waals surface area contributed by atoms with E-state index in [-0.39, 0.29) is 23.0 Å². The molecule has 0 saturated carbocycles. The molecular weight excluding hydrogens is 424 g/mol. The summed E-state index contributed by atoms with van der Waals surface area (Å²) < 4.78 is 37.9. The summed E-state index contributed by atoms with van der Waals surface area (Å²) in [6, 6.07) is 6.44. The van der Waals surface area contributed by atoms with Crippen molar-refractivity contribution in [2.45, 2.75) is 37.6 Å². The quantitative estimate of drug-likeness (QED) is 0.433. The first-order valence-corrected chi connectivity index (χ1v) is 10.4. The van der Waals surface area contributed by atoms with Crippen LogP contribution in [-0.4, -0.2) is 37.3 Å². The van der Waals surface area contributed by atoms with Gasteiger partial charge in [-0.3, -0.25) is 0 Å². The summed E-state index contributed by atoms with van der Waals surface area (Å²) in [5.74, 6) is -0.490. The Hall–Kier alpha value is -1.71. The number of benzene rings is 1. The van der Waals surface area contributed by atoms with Gasteiger partial charge in [-0.05, 0) is 30.7 Å². The van der Waals surface area contributed by atoms with Crippen LogP contribution >= 0.6 is 15.9 Å². The Morgan fingerprint density at radius 2 is 1.96 bits per heavy atom. The van der Waals surface area contributed by atoms with Gasteiger partial charge >= 0.3 is 5.97 Å². The zero-order chi connectivity index (χ0) is 19.2. The van der Waals surface area contributed by atoms with Crippen molar-refractivity contribution in [3.05, 3.63) is 46.6 Å². The number of aromatic nitrogens is 1. The van der Waals surface area contributed by atoms with Crippen LogP contribution in [0.5, 0.6) is 0 Å². The third-order valence-corrected chi connectivity index (χ3v) is 6.11. The molecule has 0 saturated heterocycles. The van der Waals surface area contributed by atoms with Gasteiger partial charge in [0, 0.05) is 11.0 Å². The van der Waals surface area contributed by atoms with Crippen molar-refractivity contribution in [1.82, 2.24) is 9.29 Å².